The van der Waals surface area contributed by atoms with E-state index in [1.165, 1.54) is 31.1 Å². The van der Waals surface area contributed by atoms with Crippen molar-refractivity contribution < 1.29 is 4.92 Å². The van der Waals surface area contributed by atoms with Crippen LogP contribution in [0.15, 0.2) is 18.2 Å². The maximum Gasteiger partial charge on any atom is 0.269 e. The van der Waals surface area contributed by atoms with E-state index in [0.29, 0.717) is 16.8 Å². The van der Waals surface area contributed by atoms with Gasteiger partial charge < -0.3 is 5.32 Å². The summed E-state index contributed by atoms with van der Waals surface area (Å²) in [6.45, 7) is 1.52. The topological polar surface area (TPSA) is 55.2 Å². The van der Waals surface area contributed by atoms with E-state index in [0.717, 1.165) is 12.1 Å². The second-order valence-electron chi connectivity index (χ2n) is 4.65. The van der Waals surface area contributed by atoms with Crippen LogP contribution in [-0.4, -0.2) is 22.5 Å². The van der Waals surface area contributed by atoms with Crippen LogP contribution in [0.3, 0.4) is 0 Å². The van der Waals surface area contributed by atoms with Gasteiger partial charge in [0.1, 0.15) is 0 Å². The van der Waals surface area contributed by atoms with Crippen LogP contribution in [0.1, 0.15) is 24.8 Å². The lowest BCUT2D eigenvalue weighted by Crippen LogP contribution is -2.26. The molecule has 4 nitrogen and oxygen atoms in total. The molecule has 0 aliphatic carbocycles. The molecule has 1 aliphatic heterocycles. The molecule has 1 unspecified atom stereocenters. The summed E-state index contributed by atoms with van der Waals surface area (Å²) < 4.78 is 0. The van der Waals surface area contributed by atoms with E-state index in [-0.39, 0.29) is 5.69 Å². The maximum atomic E-state index is 10.7. The van der Waals surface area contributed by atoms with Gasteiger partial charge in [0, 0.05) is 35.5 Å². The van der Waals surface area contributed by atoms with Gasteiger partial charge >= 0.3 is 0 Å². The molecule has 0 bridgehead atoms. The second kappa shape index (κ2) is 7.12. The molecule has 104 valence electrons. The summed E-state index contributed by atoms with van der Waals surface area (Å²) in [7, 11) is 0. The van der Waals surface area contributed by atoms with Gasteiger partial charge in [-0.25, -0.2) is 0 Å². The summed E-state index contributed by atoms with van der Waals surface area (Å²) in [5.74, 6) is 1.24. The zero-order chi connectivity index (χ0) is 13.7. The Morgan fingerprint density at radius 3 is 3.00 bits per heavy atom. The van der Waals surface area contributed by atoms with E-state index in [9.17, 15) is 10.1 Å². The molecule has 0 radical (unpaired) electrons. The maximum absolute atomic E-state index is 10.7. The fourth-order valence-electron chi connectivity index (χ4n) is 2.15. The van der Waals surface area contributed by atoms with E-state index in [1.54, 1.807) is 12.1 Å². The quantitative estimate of drug-likeness (QED) is 0.666. The number of halogens is 1. The van der Waals surface area contributed by atoms with Gasteiger partial charge in [-0.05, 0) is 30.2 Å². The monoisotopic (exact) mass is 300 g/mol. The molecule has 6 heteroatoms. The van der Waals surface area contributed by atoms with Crippen LogP contribution in [0.4, 0.5) is 5.69 Å². The largest absolute Gasteiger partial charge is 0.312 e. The molecule has 0 amide bonds. The third-order valence-corrected chi connectivity index (χ3v) is 4.97. The van der Waals surface area contributed by atoms with Gasteiger partial charge in [0.05, 0.1) is 4.92 Å². The van der Waals surface area contributed by atoms with Gasteiger partial charge in [-0.1, -0.05) is 18.0 Å². The molecule has 19 heavy (non-hydrogen) atoms. The fraction of sp³-hybridized carbons (Fsp3) is 0.538. The summed E-state index contributed by atoms with van der Waals surface area (Å²) in [6.07, 6.45) is 3.87. The van der Waals surface area contributed by atoms with E-state index in [1.807, 2.05) is 11.8 Å². The lowest BCUT2D eigenvalue weighted by atomic mass is 10.1. The molecule has 1 saturated heterocycles. The Morgan fingerprint density at radius 1 is 1.47 bits per heavy atom. The molecule has 1 atom stereocenters. The molecule has 1 aromatic rings. The molecule has 1 aromatic carbocycles. The zero-order valence-electron chi connectivity index (χ0n) is 10.6. The second-order valence-corrected chi connectivity index (χ2v) is 6.47. The number of benzene rings is 1. The number of nitro groups is 1. The molecule has 0 saturated carbocycles. The molecule has 1 N–H and O–H groups in total. The summed E-state index contributed by atoms with van der Waals surface area (Å²) >= 11 is 8.06. The summed E-state index contributed by atoms with van der Waals surface area (Å²) in [6, 6.07) is 4.57. The van der Waals surface area contributed by atoms with Crippen LogP contribution in [0.5, 0.6) is 0 Å². The number of thioether (sulfide) groups is 1. The van der Waals surface area contributed by atoms with Crippen LogP contribution in [0.2, 0.25) is 5.02 Å². The van der Waals surface area contributed by atoms with Crippen molar-refractivity contribution in [2.24, 2.45) is 0 Å². The van der Waals surface area contributed by atoms with Crippen molar-refractivity contribution in [2.75, 3.05) is 12.3 Å². The van der Waals surface area contributed by atoms with Crippen molar-refractivity contribution >= 4 is 29.1 Å². The van der Waals surface area contributed by atoms with Crippen LogP contribution in [-0.2, 0) is 6.54 Å². The van der Waals surface area contributed by atoms with Gasteiger partial charge in [-0.15, -0.1) is 0 Å². The molecule has 0 spiro atoms. The fourth-order valence-corrected chi connectivity index (χ4v) is 3.60. The van der Waals surface area contributed by atoms with Gasteiger partial charge in [-0.3, -0.25) is 10.1 Å². The first-order valence-electron chi connectivity index (χ1n) is 6.42. The van der Waals surface area contributed by atoms with Crippen LogP contribution >= 0.6 is 23.4 Å². The average molecular weight is 301 g/mol. The van der Waals surface area contributed by atoms with Crippen LogP contribution in [0.25, 0.3) is 0 Å². The minimum Gasteiger partial charge on any atom is -0.312 e. The first-order valence-corrected chi connectivity index (χ1v) is 7.84. The lowest BCUT2D eigenvalue weighted by molar-refractivity contribution is -0.384. The first kappa shape index (κ1) is 14.6. The van der Waals surface area contributed by atoms with Crippen molar-refractivity contribution in [3.63, 3.8) is 0 Å². The van der Waals surface area contributed by atoms with Crippen molar-refractivity contribution in [1.82, 2.24) is 5.32 Å². The Kier molecular flexibility index (Phi) is 5.48. The minimum atomic E-state index is -0.392. The first-order chi connectivity index (χ1) is 9.16. The lowest BCUT2D eigenvalue weighted by Gasteiger charge is -2.21. The number of rotatable bonds is 5. The van der Waals surface area contributed by atoms with E-state index in [2.05, 4.69) is 5.32 Å². The highest BCUT2D eigenvalue weighted by molar-refractivity contribution is 7.99. The number of nitrogens with zero attached hydrogens (tertiary/aromatic N) is 1. The Bertz CT molecular complexity index is 450. The van der Waals surface area contributed by atoms with Crippen molar-refractivity contribution in [3.8, 4) is 0 Å². The third kappa shape index (κ3) is 4.37. The highest BCUT2D eigenvalue weighted by Gasteiger charge is 2.14. The molecular formula is C13H17ClN2O2S. The number of nitro benzene ring substituents is 1. The van der Waals surface area contributed by atoms with Gasteiger partial charge in [0.15, 0.2) is 0 Å². The summed E-state index contributed by atoms with van der Waals surface area (Å²) in [5.41, 5.74) is 0.880. The Balaban J connectivity index is 1.87. The highest BCUT2D eigenvalue weighted by Crippen LogP contribution is 2.25. The van der Waals surface area contributed by atoms with Gasteiger partial charge in [0.25, 0.3) is 5.69 Å². The number of non-ortho nitro benzene ring substituents is 1. The standard InChI is InChI=1S/C13H17ClN2O2S/c14-13-5-4-11(16(17)18)7-10(13)8-15-9-12-3-1-2-6-19-12/h4-5,7,12,15H,1-3,6,8-9H2. The van der Waals surface area contributed by atoms with Crippen LogP contribution < -0.4 is 5.32 Å². The molecule has 1 aliphatic rings. The SMILES string of the molecule is O=[N+]([O-])c1ccc(Cl)c(CNCC2CCCCS2)c1. The predicted molar refractivity (Wildman–Crippen MR) is 79.9 cm³/mol. The Morgan fingerprint density at radius 2 is 2.32 bits per heavy atom. The summed E-state index contributed by atoms with van der Waals surface area (Å²) in [4.78, 5) is 10.3. The molecule has 0 aromatic heterocycles. The van der Waals surface area contributed by atoms with Gasteiger partial charge in [-0.2, -0.15) is 11.8 Å². The van der Waals surface area contributed by atoms with E-state index >= 15 is 0 Å². The van der Waals surface area contributed by atoms with Crippen molar-refractivity contribution in [3.05, 3.63) is 38.9 Å². The number of hydrogen-bond acceptors (Lipinski definition) is 4. The average Bonchev–Trinajstić information content (AvgIpc) is 2.42. The molecular weight excluding hydrogens is 284 g/mol. The smallest absolute Gasteiger partial charge is 0.269 e. The zero-order valence-corrected chi connectivity index (χ0v) is 12.2. The molecule has 1 fully saturated rings. The highest BCUT2D eigenvalue weighted by atomic mass is 35.5. The van der Waals surface area contributed by atoms with Crippen molar-refractivity contribution in [2.45, 2.75) is 31.1 Å². The summed E-state index contributed by atoms with van der Waals surface area (Å²) in [5, 5.41) is 15.3. The van der Waals surface area contributed by atoms with E-state index < -0.39 is 4.92 Å². The third-order valence-electron chi connectivity index (χ3n) is 3.20. The van der Waals surface area contributed by atoms with Crippen LogP contribution in [0, 0.1) is 10.1 Å². The van der Waals surface area contributed by atoms with Gasteiger partial charge in [0.2, 0.25) is 0 Å². The predicted octanol–water partition coefficient (Wildman–Crippen LogP) is 3.62. The van der Waals surface area contributed by atoms with Crippen molar-refractivity contribution in [1.29, 1.82) is 0 Å². The molecule has 2 rings (SSSR count). The van der Waals surface area contributed by atoms with E-state index in [4.69, 9.17) is 11.6 Å². The number of hydrogen-bond donors (Lipinski definition) is 1. The normalized spacial score (nSPS) is 19.3. The Labute approximate surface area is 122 Å². The number of nitrogens with one attached hydrogen (secondary N) is 1. The Hall–Kier alpha value is -0.780. The minimum absolute atomic E-state index is 0.0910. The molecule has 1 heterocycles.